The van der Waals surface area contributed by atoms with Crippen molar-refractivity contribution in [1.29, 1.82) is 0 Å². The Hall–Kier alpha value is -4.06. The molecule has 2 aromatic rings. The number of amides is 2. The van der Waals surface area contributed by atoms with Gasteiger partial charge in [0.1, 0.15) is 12.6 Å². The summed E-state index contributed by atoms with van der Waals surface area (Å²) in [6, 6.07) is 10.3. The fourth-order valence-electron chi connectivity index (χ4n) is 2.78. The van der Waals surface area contributed by atoms with E-state index < -0.39 is 53.0 Å². The molecule has 0 bridgehead atoms. The molecule has 0 spiro atoms. The van der Waals surface area contributed by atoms with Crippen molar-refractivity contribution in [1.82, 2.24) is 10.6 Å². The molecule has 0 aromatic heterocycles. The minimum atomic E-state index is -1.47. The number of aliphatic carboxylic acids is 1. The quantitative estimate of drug-likeness (QED) is 0.287. The summed E-state index contributed by atoms with van der Waals surface area (Å²) in [6.45, 7) is -0.298. The molecule has 0 fully saturated rings. The van der Waals surface area contributed by atoms with E-state index in [0.717, 1.165) is 17.7 Å². The summed E-state index contributed by atoms with van der Waals surface area (Å²) >= 11 is 0. The molecule has 0 saturated carbocycles. The summed E-state index contributed by atoms with van der Waals surface area (Å²) in [5.41, 5.74) is 0.0709. The summed E-state index contributed by atoms with van der Waals surface area (Å²) in [6.07, 6.45) is -3.00. The first-order chi connectivity index (χ1) is 15.7. The maximum absolute atomic E-state index is 13.4. The summed E-state index contributed by atoms with van der Waals surface area (Å²) in [5.74, 6) is -3.32. The second kappa shape index (κ2) is 12.1. The summed E-state index contributed by atoms with van der Waals surface area (Å²) < 4.78 is 18.4. The molecule has 4 N–H and O–H groups in total. The molecule has 12 heteroatoms. The van der Waals surface area contributed by atoms with Gasteiger partial charge in [-0.05, 0) is 17.2 Å². The van der Waals surface area contributed by atoms with E-state index >= 15 is 0 Å². The molecule has 0 aliphatic heterocycles. The number of halogens is 1. The third-order valence-electron chi connectivity index (χ3n) is 4.40. The van der Waals surface area contributed by atoms with E-state index in [9.17, 15) is 39.1 Å². The summed E-state index contributed by atoms with van der Waals surface area (Å²) in [7, 11) is 0. The number of carbonyl (C=O) groups is 3. The fourth-order valence-corrected chi connectivity index (χ4v) is 2.78. The standard InChI is InChI=1S/C21H22FN3O8/c22-16-7-6-14(9-18(16)25(31)32)8-17(20(28)29)24-19(27)10-15(26)11-23-21(30)33-12-13-4-2-1-3-5-13/h1-7,9,15,17,26H,8,10-12H2,(H,23,30)(H,24,27)(H,28,29)/t15-,17-/m1/s1. The summed E-state index contributed by atoms with van der Waals surface area (Å²) in [5, 5.41) is 34.6. The van der Waals surface area contributed by atoms with Crippen LogP contribution in [0.4, 0.5) is 14.9 Å². The minimum Gasteiger partial charge on any atom is -0.480 e. The maximum Gasteiger partial charge on any atom is 0.407 e. The number of carboxylic acid groups (broad SMARTS) is 1. The van der Waals surface area contributed by atoms with Crippen LogP contribution in [0.15, 0.2) is 48.5 Å². The van der Waals surface area contributed by atoms with Gasteiger partial charge < -0.3 is 25.6 Å². The molecule has 2 aromatic carbocycles. The first-order valence-corrected chi connectivity index (χ1v) is 9.73. The van der Waals surface area contributed by atoms with E-state index in [1.165, 1.54) is 6.07 Å². The molecule has 0 aliphatic carbocycles. The third-order valence-corrected chi connectivity index (χ3v) is 4.40. The van der Waals surface area contributed by atoms with Gasteiger partial charge in [0.15, 0.2) is 0 Å². The molecule has 0 radical (unpaired) electrons. The first kappa shape index (κ1) is 25.2. The number of hydrogen-bond acceptors (Lipinski definition) is 7. The number of nitro groups is 1. The highest BCUT2D eigenvalue weighted by atomic mass is 19.1. The van der Waals surface area contributed by atoms with Gasteiger partial charge in [-0.1, -0.05) is 36.4 Å². The van der Waals surface area contributed by atoms with Crippen LogP contribution in [0.1, 0.15) is 17.5 Å². The number of aliphatic hydroxyl groups is 1. The van der Waals surface area contributed by atoms with Crippen LogP contribution in [0, 0.1) is 15.9 Å². The van der Waals surface area contributed by atoms with Crippen LogP contribution in [-0.2, 0) is 27.4 Å². The number of hydrogen-bond donors (Lipinski definition) is 4. The van der Waals surface area contributed by atoms with Gasteiger partial charge in [0.05, 0.1) is 17.4 Å². The van der Waals surface area contributed by atoms with Crippen LogP contribution in [0.5, 0.6) is 0 Å². The molecule has 0 aliphatic rings. The number of carboxylic acids is 1. The molecule has 11 nitrogen and oxygen atoms in total. The zero-order chi connectivity index (χ0) is 24.4. The van der Waals surface area contributed by atoms with Crippen LogP contribution >= 0.6 is 0 Å². The molecular formula is C21H22FN3O8. The normalized spacial score (nSPS) is 12.3. The lowest BCUT2D eigenvalue weighted by Crippen LogP contribution is -2.44. The first-order valence-electron chi connectivity index (χ1n) is 9.73. The average molecular weight is 463 g/mol. The second-order valence-electron chi connectivity index (χ2n) is 7.01. The van der Waals surface area contributed by atoms with Gasteiger partial charge in [0.2, 0.25) is 11.7 Å². The van der Waals surface area contributed by atoms with Gasteiger partial charge in [-0.25, -0.2) is 9.59 Å². The van der Waals surface area contributed by atoms with Gasteiger partial charge in [0.25, 0.3) is 0 Å². The number of aliphatic hydroxyl groups excluding tert-OH is 1. The van der Waals surface area contributed by atoms with Gasteiger partial charge >= 0.3 is 17.7 Å². The van der Waals surface area contributed by atoms with Gasteiger partial charge in [-0.3, -0.25) is 14.9 Å². The van der Waals surface area contributed by atoms with E-state index in [2.05, 4.69) is 10.6 Å². The van der Waals surface area contributed by atoms with Crippen LogP contribution in [0.2, 0.25) is 0 Å². The van der Waals surface area contributed by atoms with Gasteiger partial charge in [-0.2, -0.15) is 4.39 Å². The van der Waals surface area contributed by atoms with E-state index in [4.69, 9.17) is 4.74 Å². The Kier molecular flexibility index (Phi) is 9.24. The SMILES string of the molecule is O=C(C[C@@H](O)CNC(=O)OCc1ccccc1)N[C@H](Cc1ccc(F)c([N+](=O)[O-])c1)C(=O)O. The molecule has 0 unspecified atom stereocenters. The average Bonchev–Trinajstić information content (AvgIpc) is 2.77. The van der Waals surface area contributed by atoms with E-state index in [1.807, 2.05) is 6.07 Å². The molecule has 33 heavy (non-hydrogen) atoms. The largest absolute Gasteiger partial charge is 0.480 e. The number of ether oxygens (including phenoxy) is 1. The van der Waals surface area contributed by atoms with E-state index in [0.29, 0.717) is 0 Å². The fraction of sp³-hybridized carbons (Fsp3) is 0.286. The highest BCUT2D eigenvalue weighted by molar-refractivity contribution is 5.84. The molecule has 2 amide bonds. The number of carbonyl (C=O) groups excluding carboxylic acids is 2. The lowest BCUT2D eigenvalue weighted by molar-refractivity contribution is -0.387. The lowest BCUT2D eigenvalue weighted by Gasteiger charge is -2.17. The number of nitro benzene ring substituents is 1. The van der Waals surface area contributed by atoms with Crippen molar-refractivity contribution < 1.29 is 38.6 Å². The number of nitrogens with one attached hydrogen (secondary N) is 2. The Morgan fingerprint density at radius 2 is 1.82 bits per heavy atom. The number of benzene rings is 2. The zero-order valence-electron chi connectivity index (χ0n) is 17.3. The number of rotatable bonds is 11. The van der Waals surface area contributed by atoms with Crippen LogP contribution in [0.3, 0.4) is 0 Å². The molecular weight excluding hydrogens is 441 g/mol. The Morgan fingerprint density at radius 1 is 1.12 bits per heavy atom. The van der Waals surface area contributed by atoms with Crippen molar-refractivity contribution in [2.24, 2.45) is 0 Å². The summed E-state index contributed by atoms with van der Waals surface area (Å²) in [4.78, 5) is 45.1. The van der Waals surface area contributed by atoms with Crippen molar-refractivity contribution in [3.05, 3.63) is 75.6 Å². The topological polar surface area (TPSA) is 168 Å². The van der Waals surface area contributed by atoms with E-state index in [-0.39, 0.29) is 25.1 Å². The van der Waals surface area contributed by atoms with Crippen molar-refractivity contribution in [2.45, 2.75) is 31.6 Å². The van der Waals surface area contributed by atoms with Gasteiger partial charge in [-0.15, -0.1) is 0 Å². The number of nitrogens with zero attached hydrogens (tertiary/aromatic N) is 1. The predicted octanol–water partition coefficient (Wildman–Crippen LogP) is 1.52. The maximum atomic E-state index is 13.4. The van der Waals surface area contributed by atoms with Crippen molar-refractivity contribution in [3.63, 3.8) is 0 Å². The third kappa shape index (κ3) is 8.53. The van der Waals surface area contributed by atoms with Crippen molar-refractivity contribution in [2.75, 3.05) is 6.54 Å². The Morgan fingerprint density at radius 3 is 2.45 bits per heavy atom. The smallest absolute Gasteiger partial charge is 0.407 e. The molecule has 0 saturated heterocycles. The van der Waals surface area contributed by atoms with Crippen LogP contribution < -0.4 is 10.6 Å². The second-order valence-corrected chi connectivity index (χ2v) is 7.01. The lowest BCUT2D eigenvalue weighted by atomic mass is 10.0. The minimum absolute atomic E-state index is 0.0189. The molecule has 2 rings (SSSR count). The monoisotopic (exact) mass is 463 g/mol. The van der Waals surface area contributed by atoms with Crippen molar-refractivity contribution >= 4 is 23.7 Å². The predicted molar refractivity (Wildman–Crippen MR) is 112 cm³/mol. The van der Waals surface area contributed by atoms with E-state index in [1.54, 1.807) is 24.3 Å². The highest BCUT2D eigenvalue weighted by Gasteiger charge is 2.24. The van der Waals surface area contributed by atoms with Crippen LogP contribution in [-0.4, -0.2) is 51.8 Å². The van der Waals surface area contributed by atoms with Crippen molar-refractivity contribution in [3.8, 4) is 0 Å². The van der Waals surface area contributed by atoms with Crippen LogP contribution in [0.25, 0.3) is 0 Å². The Balaban J connectivity index is 1.81. The molecule has 2 atom stereocenters. The van der Waals surface area contributed by atoms with Gasteiger partial charge in [0, 0.05) is 19.0 Å². The molecule has 0 heterocycles. The highest BCUT2D eigenvalue weighted by Crippen LogP contribution is 2.19. The molecule has 176 valence electrons. The Labute approximate surface area is 187 Å². The number of alkyl carbamates (subject to hydrolysis) is 1. The zero-order valence-corrected chi connectivity index (χ0v) is 17.3. The Bertz CT molecular complexity index is 1000.